The van der Waals surface area contributed by atoms with E-state index in [0.717, 1.165) is 12.8 Å². The second kappa shape index (κ2) is 5.46. The molecule has 0 radical (unpaired) electrons. The van der Waals surface area contributed by atoms with Crippen LogP contribution in [0, 0.1) is 12.3 Å². The summed E-state index contributed by atoms with van der Waals surface area (Å²) in [7, 11) is 0. The van der Waals surface area contributed by atoms with E-state index >= 15 is 0 Å². The van der Waals surface area contributed by atoms with E-state index in [1.54, 1.807) is 0 Å². The van der Waals surface area contributed by atoms with E-state index in [0.29, 0.717) is 5.41 Å². The normalized spacial score (nSPS) is 13.8. The number of hydrazine groups is 1. The molecule has 0 saturated carbocycles. The van der Waals surface area contributed by atoms with E-state index in [9.17, 15) is 0 Å². The van der Waals surface area contributed by atoms with Crippen LogP contribution in [0.3, 0.4) is 0 Å². The number of hydrogen-bond donors (Lipinski definition) is 2. The molecule has 1 atom stereocenters. The van der Waals surface area contributed by atoms with Crippen molar-refractivity contribution in [2.45, 2.75) is 46.6 Å². The van der Waals surface area contributed by atoms with E-state index in [4.69, 9.17) is 5.84 Å². The average molecular weight is 220 g/mol. The molecule has 3 N–H and O–H groups in total. The minimum atomic E-state index is 0.264. The summed E-state index contributed by atoms with van der Waals surface area (Å²) < 4.78 is 0. The lowest BCUT2D eigenvalue weighted by Gasteiger charge is -2.24. The predicted molar refractivity (Wildman–Crippen MR) is 69.9 cm³/mol. The quantitative estimate of drug-likeness (QED) is 0.603. The predicted octanol–water partition coefficient (Wildman–Crippen LogP) is 3.33. The summed E-state index contributed by atoms with van der Waals surface area (Å²) in [6.45, 7) is 8.92. The SMILES string of the molecule is Cc1ccccc1C(CCC(C)(C)C)NN. The zero-order chi connectivity index (χ0) is 12.2. The van der Waals surface area contributed by atoms with Gasteiger partial charge in [-0.3, -0.25) is 11.3 Å². The third-order valence-corrected chi connectivity index (χ3v) is 2.95. The molecule has 0 bridgehead atoms. The van der Waals surface area contributed by atoms with Crippen molar-refractivity contribution in [3.8, 4) is 0 Å². The Morgan fingerprint density at radius 2 is 1.88 bits per heavy atom. The second-order valence-electron chi connectivity index (χ2n) is 5.68. The Balaban J connectivity index is 2.72. The summed E-state index contributed by atoms with van der Waals surface area (Å²) in [6.07, 6.45) is 2.24. The summed E-state index contributed by atoms with van der Waals surface area (Å²) in [5.41, 5.74) is 5.91. The van der Waals surface area contributed by atoms with Crippen LogP contribution in [0.15, 0.2) is 24.3 Å². The van der Waals surface area contributed by atoms with Crippen LogP contribution in [0.2, 0.25) is 0 Å². The van der Waals surface area contributed by atoms with Crippen LogP contribution >= 0.6 is 0 Å². The van der Waals surface area contributed by atoms with Crippen molar-refractivity contribution >= 4 is 0 Å². The molecule has 0 spiro atoms. The maximum Gasteiger partial charge on any atom is 0.0462 e. The Kier molecular flexibility index (Phi) is 4.51. The first-order valence-electron chi connectivity index (χ1n) is 5.96. The van der Waals surface area contributed by atoms with Crippen LogP contribution in [0.25, 0.3) is 0 Å². The summed E-state index contributed by atoms with van der Waals surface area (Å²) in [6, 6.07) is 8.69. The number of rotatable bonds is 4. The molecule has 1 rings (SSSR count). The summed E-state index contributed by atoms with van der Waals surface area (Å²) in [5, 5.41) is 0. The molecule has 0 heterocycles. The fourth-order valence-corrected chi connectivity index (χ4v) is 1.88. The maximum absolute atomic E-state index is 5.65. The van der Waals surface area contributed by atoms with Gasteiger partial charge >= 0.3 is 0 Å². The van der Waals surface area contributed by atoms with E-state index < -0.39 is 0 Å². The average Bonchev–Trinajstić information content (AvgIpc) is 2.20. The van der Waals surface area contributed by atoms with Gasteiger partial charge in [0, 0.05) is 6.04 Å². The Morgan fingerprint density at radius 3 is 2.38 bits per heavy atom. The van der Waals surface area contributed by atoms with Gasteiger partial charge in [-0.2, -0.15) is 0 Å². The maximum atomic E-state index is 5.65. The number of hydrogen-bond acceptors (Lipinski definition) is 2. The summed E-state index contributed by atoms with van der Waals surface area (Å²) >= 11 is 0. The number of aryl methyl sites for hydroxylation is 1. The lowest BCUT2D eigenvalue weighted by atomic mass is 9.86. The number of nitrogens with one attached hydrogen (secondary N) is 1. The van der Waals surface area contributed by atoms with E-state index in [1.807, 2.05) is 0 Å². The molecule has 0 aliphatic carbocycles. The Bertz CT molecular complexity index is 326. The van der Waals surface area contributed by atoms with E-state index in [-0.39, 0.29) is 6.04 Å². The van der Waals surface area contributed by atoms with Gasteiger partial charge in [0.15, 0.2) is 0 Å². The van der Waals surface area contributed by atoms with Crippen LogP contribution in [-0.4, -0.2) is 0 Å². The van der Waals surface area contributed by atoms with Crippen molar-refractivity contribution in [2.24, 2.45) is 11.3 Å². The van der Waals surface area contributed by atoms with Crippen molar-refractivity contribution in [1.82, 2.24) is 5.43 Å². The molecule has 0 aliphatic rings. The van der Waals surface area contributed by atoms with Gasteiger partial charge in [-0.25, -0.2) is 0 Å². The molecular formula is C14H24N2. The van der Waals surface area contributed by atoms with Gasteiger partial charge in [0.1, 0.15) is 0 Å². The zero-order valence-electron chi connectivity index (χ0n) is 10.9. The standard InChI is InChI=1S/C14H24N2/c1-11-7-5-6-8-12(11)13(16-15)9-10-14(2,3)4/h5-8,13,16H,9-10,15H2,1-4H3. The van der Waals surface area contributed by atoms with Crippen LogP contribution in [0.5, 0.6) is 0 Å². The Morgan fingerprint density at radius 1 is 1.25 bits per heavy atom. The molecule has 0 amide bonds. The Labute approximate surface area is 99.2 Å². The lowest BCUT2D eigenvalue weighted by molar-refractivity contribution is 0.333. The molecule has 0 aromatic heterocycles. The number of nitrogens with two attached hydrogens (primary N) is 1. The highest BCUT2D eigenvalue weighted by molar-refractivity contribution is 5.28. The molecule has 1 unspecified atom stereocenters. The first-order chi connectivity index (χ1) is 7.44. The van der Waals surface area contributed by atoms with Crippen LogP contribution in [0.1, 0.15) is 50.8 Å². The van der Waals surface area contributed by atoms with Gasteiger partial charge in [0.05, 0.1) is 0 Å². The minimum absolute atomic E-state index is 0.264. The monoisotopic (exact) mass is 220 g/mol. The molecule has 1 aromatic rings. The van der Waals surface area contributed by atoms with Gasteiger partial charge in [-0.15, -0.1) is 0 Å². The van der Waals surface area contributed by atoms with Crippen molar-refractivity contribution in [2.75, 3.05) is 0 Å². The zero-order valence-corrected chi connectivity index (χ0v) is 10.9. The third-order valence-electron chi connectivity index (χ3n) is 2.95. The van der Waals surface area contributed by atoms with Gasteiger partial charge < -0.3 is 0 Å². The number of benzene rings is 1. The molecule has 0 aliphatic heterocycles. The van der Waals surface area contributed by atoms with Crippen LogP contribution in [-0.2, 0) is 0 Å². The fourth-order valence-electron chi connectivity index (χ4n) is 1.88. The van der Waals surface area contributed by atoms with E-state index in [2.05, 4.69) is 57.4 Å². The van der Waals surface area contributed by atoms with Gasteiger partial charge in [-0.05, 0) is 36.3 Å². The topological polar surface area (TPSA) is 38.0 Å². The molecule has 2 nitrogen and oxygen atoms in total. The van der Waals surface area contributed by atoms with Crippen molar-refractivity contribution < 1.29 is 0 Å². The molecule has 16 heavy (non-hydrogen) atoms. The first kappa shape index (κ1) is 13.2. The summed E-state index contributed by atoms with van der Waals surface area (Å²) in [4.78, 5) is 0. The molecule has 0 fully saturated rings. The smallest absolute Gasteiger partial charge is 0.0462 e. The first-order valence-corrected chi connectivity index (χ1v) is 5.96. The second-order valence-corrected chi connectivity index (χ2v) is 5.68. The highest BCUT2D eigenvalue weighted by Crippen LogP contribution is 2.28. The minimum Gasteiger partial charge on any atom is -0.271 e. The third kappa shape index (κ3) is 3.95. The Hall–Kier alpha value is -0.860. The summed E-state index contributed by atoms with van der Waals surface area (Å²) in [5.74, 6) is 5.65. The molecule has 0 saturated heterocycles. The molecule has 90 valence electrons. The fraction of sp³-hybridized carbons (Fsp3) is 0.571. The van der Waals surface area contributed by atoms with Gasteiger partial charge in [0.25, 0.3) is 0 Å². The highest BCUT2D eigenvalue weighted by Gasteiger charge is 2.16. The largest absolute Gasteiger partial charge is 0.271 e. The van der Waals surface area contributed by atoms with Crippen LogP contribution in [0.4, 0.5) is 0 Å². The van der Waals surface area contributed by atoms with Crippen molar-refractivity contribution in [1.29, 1.82) is 0 Å². The van der Waals surface area contributed by atoms with Gasteiger partial charge in [-0.1, -0.05) is 45.0 Å². The molecule has 1 aromatic carbocycles. The molecular weight excluding hydrogens is 196 g/mol. The van der Waals surface area contributed by atoms with E-state index in [1.165, 1.54) is 11.1 Å². The van der Waals surface area contributed by atoms with Gasteiger partial charge in [0.2, 0.25) is 0 Å². The van der Waals surface area contributed by atoms with Crippen molar-refractivity contribution in [3.05, 3.63) is 35.4 Å². The highest BCUT2D eigenvalue weighted by atomic mass is 15.2. The van der Waals surface area contributed by atoms with Crippen molar-refractivity contribution in [3.63, 3.8) is 0 Å². The molecule has 2 heteroatoms. The lowest BCUT2D eigenvalue weighted by Crippen LogP contribution is -2.29. The van der Waals surface area contributed by atoms with Crippen LogP contribution < -0.4 is 11.3 Å².